The molecule has 1 amide bonds. The van der Waals surface area contributed by atoms with Crippen LogP contribution in [0.4, 0.5) is 5.82 Å². The normalized spacial score (nSPS) is 13.9. The fraction of sp³-hybridized carbons (Fsp3) is 0.179. The summed E-state index contributed by atoms with van der Waals surface area (Å²) in [6.45, 7) is 2.11. The lowest BCUT2D eigenvalue weighted by Gasteiger charge is -2.35. The highest BCUT2D eigenvalue weighted by Crippen LogP contribution is 2.34. The van der Waals surface area contributed by atoms with Crippen molar-refractivity contribution in [2.75, 3.05) is 38.2 Å². The van der Waals surface area contributed by atoms with Gasteiger partial charge in [-0.2, -0.15) is 0 Å². The first-order valence-corrected chi connectivity index (χ1v) is 11.9. The molecule has 0 radical (unpaired) electrons. The number of H-pyrrole nitrogens is 1. The monoisotopic (exact) mass is 479 g/mol. The number of carbonyl (C=O) groups is 2. The molecule has 5 aromatic rings. The van der Waals surface area contributed by atoms with Crippen molar-refractivity contribution in [2.45, 2.75) is 0 Å². The van der Waals surface area contributed by atoms with E-state index in [1.165, 1.54) is 0 Å². The number of pyridine rings is 1. The summed E-state index contributed by atoms with van der Waals surface area (Å²) in [7, 11) is 1.56. The minimum atomic E-state index is -0.541. The second kappa shape index (κ2) is 8.88. The lowest BCUT2D eigenvalue weighted by atomic mass is 10.1. The number of rotatable bonds is 5. The zero-order valence-corrected chi connectivity index (χ0v) is 19.8. The van der Waals surface area contributed by atoms with Gasteiger partial charge >= 0.3 is 0 Å². The van der Waals surface area contributed by atoms with E-state index < -0.39 is 11.7 Å². The van der Waals surface area contributed by atoms with E-state index in [-0.39, 0.29) is 0 Å². The molecule has 0 saturated carbocycles. The Morgan fingerprint density at radius 3 is 2.50 bits per heavy atom. The molecule has 1 N–H and O–H groups in total. The summed E-state index contributed by atoms with van der Waals surface area (Å²) in [5.41, 5.74) is 1.94. The van der Waals surface area contributed by atoms with Crippen molar-refractivity contribution < 1.29 is 14.3 Å². The summed E-state index contributed by atoms with van der Waals surface area (Å²) >= 11 is 0. The maximum absolute atomic E-state index is 13.4. The van der Waals surface area contributed by atoms with Gasteiger partial charge in [-0.1, -0.05) is 24.3 Å². The number of carbonyl (C=O) groups excluding carboxylic acids is 2. The molecule has 1 aliphatic heterocycles. The van der Waals surface area contributed by atoms with E-state index in [0.717, 1.165) is 27.8 Å². The second-order valence-electron chi connectivity index (χ2n) is 8.79. The van der Waals surface area contributed by atoms with Gasteiger partial charge in [0, 0.05) is 56.4 Å². The van der Waals surface area contributed by atoms with Gasteiger partial charge < -0.3 is 24.1 Å². The van der Waals surface area contributed by atoms with Gasteiger partial charge in [0.2, 0.25) is 0 Å². The Morgan fingerprint density at radius 1 is 0.944 bits per heavy atom. The number of hydrogen-bond acceptors (Lipinski definition) is 5. The molecule has 1 saturated heterocycles. The molecule has 1 aliphatic rings. The van der Waals surface area contributed by atoms with Crippen molar-refractivity contribution in [1.82, 2.24) is 19.4 Å². The number of methoxy groups -OCH3 is 1. The molecule has 0 spiro atoms. The van der Waals surface area contributed by atoms with Crippen molar-refractivity contribution >= 4 is 39.2 Å². The number of fused-ring (bicyclic) bond motifs is 2. The first-order valence-electron chi connectivity index (χ1n) is 11.9. The predicted molar refractivity (Wildman–Crippen MR) is 139 cm³/mol. The number of anilines is 1. The van der Waals surface area contributed by atoms with Crippen molar-refractivity contribution in [3.05, 3.63) is 84.9 Å². The van der Waals surface area contributed by atoms with E-state index in [1.54, 1.807) is 18.2 Å². The largest absolute Gasteiger partial charge is 0.496 e. The van der Waals surface area contributed by atoms with Crippen molar-refractivity contribution in [3.63, 3.8) is 0 Å². The third kappa shape index (κ3) is 3.58. The summed E-state index contributed by atoms with van der Waals surface area (Å²) in [4.78, 5) is 38.3. The Balaban J connectivity index is 1.25. The third-order valence-electron chi connectivity index (χ3n) is 6.84. The number of ketones is 1. The number of aromatic nitrogens is 3. The Bertz CT molecular complexity index is 1570. The predicted octanol–water partition coefficient (Wildman–Crippen LogP) is 4.05. The van der Waals surface area contributed by atoms with Crippen LogP contribution in [0.15, 0.2) is 79.4 Å². The first kappa shape index (κ1) is 21.9. The SMILES string of the molecule is COc1ccc(-n2cccc2)c2[nH]cc(C(=O)C(=O)N3CCN(c4nccc5ccccc45)CC3)c12. The van der Waals surface area contributed by atoms with Crippen LogP contribution in [0.3, 0.4) is 0 Å². The topological polar surface area (TPSA) is 83.5 Å². The quantitative estimate of drug-likeness (QED) is 0.304. The highest BCUT2D eigenvalue weighted by Gasteiger charge is 2.30. The van der Waals surface area contributed by atoms with Gasteiger partial charge in [0.05, 0.1) is 29.3 Å². The molecule has 0 unspecified atom stereocenters. The fourth-order valence-corrected chi connectivity index (χ4v) is 5.00. The number of piperazine rings is 1. The minimum Gasteiger partial charge on any atom is -0.496 e. The van der Waals surface area contributed by atoms with E-state index in [9.17, 15) is 9.59 Å². The summed E-state index contributed by atoms with van der Waals surface area (Å²) in [6, 6.07) is 17.7. The van der Waals surface area contributed by atoms with Crippen LogP contribution in [0.1, 0.15) is 10.4 Å². The zero-order chi connectivity index (χ0) is 24.6. The molecule has 0 atom stereocenters. The molecule has 6 rings (SSSR count). The van der Waals surface area contributed by atoms with Crippen LogP contribution in [0.2, 0.25) is 0 Å². The molecule has 0 bridgehead atoms. The number of benzene rings is 2. The number of Topliss-reactive ketones (excluding diaryl/α,β-unsaturated/α-hetero) is 1. The zero-order valence-electron chi connectivity index (χ0n) is 19.8. The number of nitrogens with one attached hydrogen (secondary N) is 1. The third-order valence-corrected chi connectivity index (χ3v) is 6.84. The van der Waals surface area contributed by atoms with E-state index >= 15 is 0 Å². The summed E-state index contributed by atoms with van der Waals surface area (Å²) in [6.07, 6.45) is 7.28. The van der Waals surface area contributed by atoms with Gasteiger partial charge in [-0.05, 0) is 35.7 Å². The molecule has 180 valence electrons. The van der Waals surface area contributed by atoms with Crippen LogP contribution >= 0.6 is 0 Å². The summed E-state index contributed by atoms with van der Waals surface area (Å²) < 4.78 is 7.51. The maximum Gasteiger partial charge on any atom is 0.295 e. The standard InChI is InChI=1S/C28H25N5O3/c1-36-23-9-8-22(31-12-4-5-13-31)25-24(23)21(18-30-25)26(34)28(35)33-16-14-32(15-17-33)27-20-7-3-2-6-19(20)10-11-29-27/h2-13,18,30H,14-17H2,1H3. The van der Waals surface area contributed by atoms with Crippen molar-refractivity contribution in [3.8, 4) is 11.4 Å². The minimum absolute atomic E-state index is 0.319. The Labute approximate surface area is 207 Å². The molecule has 4 heterocycles. The second-order valence-corrected chi connectivity index (χ2v) is 8.79. The van der Waals surface area contributed by atoms with Gasteiger partial charge in [0.1, 0.15) is 11.6 Å². The Hall–Kier alpha value is -4.59. The molecule has 3 aromatic heterocycles. The van der Waals surface area contributed by atoms with E-state index in [0.29, 0.717) is 42.9 Å². The van der Waals surface area contributed by atoms with Crippen LogP contribution in [0, 0.1) is 0 Å². The molecule has 36 heavy (non-hydrogen) atoms. The molecule has 0 aliphatic carbocycles. The highest BCUT2D eigenvalue weighted by molar-refractivity contribution is 6.45. The first-order chi connectivity index (χ1) is 17.7. The van der Waals surface area contributed by atoms with Crippen LogP contribution in [0.25, 0.3) is 27.4 Å². The molecular weight excluding hydrogens is 454 g/mol. The molecule has 8 heteroatoms. The summed E-state index contributed by atoms with van der Waals surface area (Å²) in [5.74, 6) is 0.409. The average Bonchev–Trinajstić information content (AvgIpc) is 3.63. The molecule has 8 nitrogen and oxygen atoms in total. The molecule has 2 aromatic carbocycles. The van der Waals surface area contributed by atoms with Crippen LogP contribution in [-0.2, 0) is 4.79 Å². The van der Waals surface area contributed by atoms with Gasteiger partial charge in [-0.25, -0.2) is 4.98 Å². The molecule has 1 fully saturated rings. The number of amides is 1. The molecular formula is C28H25N5O3. The van der Waals surface area contributed by atoms with Gasteiger partial charge in [0.15, 0.2) is 0 Å². The van der Waals surface area contributed by atoms with Gasteiger partial charge in [0.25, 0.3) is 11.7 Å². The van der Waals surface area contributed by atoms with Crippen LogP contribution in [-0.4, -0.2) is 64.4 Å². The number of ether oxygens (including phenoxy) is 1. The lowest BCUT2D eigenvalue weighted by molar-refractivity contribution is -0.126. The average molecular weight is 480 g/mol. The number of hydrogen-bond donors (Lipinski definition) is 1. The maximum atomic E-state index is 13.4. The highest BCUT2D eigenvalue weighted by atomic mass is 16.5. The lowest BCUT2D eigenvalue weighted by Crippen LogP contribution is -2.50. The van der Waals surface area contributed by atoms with Gasteiger partial charge in [-0.15, -0.1) is 0 Å². The van der Waals surface area contributed by atoms with E-state index in [1.807, 2.05) is 65.6 Å². The van der Waals surface area contributed by atoms with Gasteiger partial charge in [-0.3, -0.25) is 9.59 Å². The van der Waals surface area contributed by atoms with Crippen molar-refractivity contribution in [2.24, 2.45) is 0 Å². The van der Waals surface area contributed by atoms with E-state index in [2.05, 4.69) is 27.0 Å². The smallest absolute Gasteiger partial charge is 0.295 e. The number of aromatic amines is 1. The van der Waals surface area contributed by atoms with Crippen molar-refractivity contribution in [1.29, 1.82) is 0 Å². The van der Waals surface area contributed by atoms with E-state index in [4.69, 9.17) is 4.74 Å². The van der Waals surface area contributed by atoms with Crippen LogP contribution in [0.5, 0.6) is 5.75 Å². The Morgan fingerprint density at radius 2 is 1.72 bits per heavy atom. The summed E-state index contributed by atoms with van der Waals surface area (Å²) in [5, 5.41) is 2.82. The van der Waals surface area contributed by atoms with Crippen LogP contribution < -0.4 is 9.64 Å². The Kier molecular flexibility index (Phi) is 5.41. The fourth-order valence-electron chi connectivity index (χ4n) is 5.00. The number of nitrogens with zero attached hydrogens (tertiary/aromatic N) is 4.